The standard InChI is InChI=1S/C33H31F2N3O7.Mg.2H/c1-2-43-28-18-23-25(19-29(28)44-16-4-3-5-30(39)40)36-15-12-26(23)45-27-11-10-22(17-24(27)35)38-32(42)33(13-14-33)31(41)37-21-8-6-20(34)7-9-21;;;/h6-12,15,17-19H,2-5,13-14,16H2,1H3,(H,37,41)(H,38,42)(H,39,40);;;. The Morgan fingerprint density at radius 1 is 0.848 bits per heavy atom. The van der Waals surface area contributed by atoms with Crippen LogP contribution in [0.4, 0.5) is 20.2 Å². The molecule has 1 aromatic heterocycles. The summed E-state index contributed by atoms with van der Waals surface area (Å²) >= 11 is 0. The Hall–Kier alpha value is -4.49. The smallest absolute Gasteiger partial charge is 0.316 e. The summed E-state index contributed by atoms with van der Waals surface area (Å²) in [6.45, 7) is 2.47. The van der Waals surface area contributed by atoms with E-state index < -0.39 is 34.8 Å². The van der Waals surface area contributed by atoms with Gasteiger partial charge in [-0.3, -0.25) is 19.4 Å². The molecule has 1 aliphatic carbocycles. The molecule has 13 heteroatoms. The summed E-state index contributed by atoms with van der Waals surface area (Å²) in [7, 11) is 0. The number of halogens is 2. The fourth-order valence-electron chi connectivity index (χ4n) is 4.66. The van der Waals surface area contributed by atoms with Crippen LogP contribution in [0.25, 0.3) is 10.9 Å². The van der Waals surface area contributed by atoms with Gasteiger partial charge >= 0.3 is 29.0 Å². The van der Waals surface area contributed by atoms with E-state index in [1.165, 1.54) is 42.6 Å². The molecule has 0 atom stereocenters. The van der Waals surface area contributed by atoms with Crippen molar-refractivity contribution in [3.8, 4) is 23.0 Å². The summed E-state index contributed by atoms with van der Waals surface area (Å²) in [6, 6.07) is 14.1. The third kappa shape index (κ3) is 8.20. The highest BCUT2D eigenvalue weighted by Crippen LogP contribution is 2.47. The number of amides is 2. The van der Waals surface area contributed by atoms with Crippen molar-refractivity contribution < 1.29 is 42.5 Å². The average Bonchev–Trinajstić information content (AvgIpc) is 3.82. The molecular weight excluding hydrogens is 613 g/mol. The number of carboxylic acids is 1. The number of hydrogen-bond acceptors (Lipinski definition) is 7. The third-order valence-corrected chi connectivity index (χ3v) is 7.24. The van der Waals surface area contributed by atoms with Crippen LogP contribution < -0.4 is 24.8 Å². The maximum absolute atomic E-state index is 15.2. The molecule has 1 fully saturated rings. The van der Waals surface area contributed by atoms with Gasteiger partial charge in [-0.2, -0.15) is 0 Å². The van der Waals surface area contributed by atoms with Gasteiger partial charge in [0.15, 0.2) is 23.1 Å². The lowest BCUT2D eigenvalue weighted by molar-refractivity contribution is -0.137. The predicted octanol–water partition coefficient (Wildman–Crippen LogP) is 5.78. The lowest BCUT2D eigenvalue weighted by Crippen LogP contribution is -2.35. The van der Waals surface area contributed by atoms with Crippen molar-refractivity contribution in [2.75, 3.05) is 23.8 Å². The molecule has 0 saturated heterocycles. The first-order chi connectivity index (χ1) is 21.7. The van der Waals surface area contributed by atoms with Gasteiger partial charge in [0.25, 0.3) is 0 Å². The Balaban J connectivity index is 0.00000480. The molecule has 1 saturated carbocycles. The second kappa shape index (κ2) is 15.2. The number of aliphatic carboxylic acids is 1. The quantitative estimate of drug-likeness (QED) is 0.0892. The number of unbranched alkanes of at least 4 members (excludes halogenated alkanes) is 1. The first-order valence-corrected chi connectivity index (χ1v) is 14.4. The van der Waals surface area contributed by atoms with Crippen LogP contribution in [0.1, 0.15) is 39.0 Å². The number of anilines is 2. The van der Waals surface area contributed by atoms with Crippen molar-refractivity contribution >= 4 is 63.1 Å². The normalized spacial score (nSPS) is 12.8. The van der Waals surface area contributed by atoms with Crippen LogP contribution in [0.15, 0.2) is 66.9 Å². The second-order valence-corrected chi connectivity index (χ2v) is 10.5. The summed E-state index contributed by atoms with van der Waals surface area (Å²) in [6.07, 6.45) is 3.24. The summed E-state index contributed by atoms with van der Waals surface area (Å²) < 4.78 is 45.9. The molecular formula is C33H33F2MgN3O7. The number of nitrogens with zero attached hydrogens (tertiary/aromatic N) is 1. The number of nitrogens with one attached hydrogen (secondary N) is 2. The summed E-state index contributed by atoms with van der Waals surface area (Å²) in [5, 5.41) is 14.6. The van der Waals surface area contributed by atoms with Gasteiger partial charge < -0.3 is 30.0 Å². The second-order valence-electron chi connectivity index (χ2n) is 10.5. The minimum atomic E-state index is -1.30. The van der Waals surface area contributed by atoms with E-state index in [0.717, 1.165) is 6.07 Å². The largest absolute Gasteiger partial charge is 0.490 e. The fourth-order valence-corrected chi connectivity index (χ4v) is 4.66. The van der Waals surface area contributed by atoms with Crippen molar-refractivity contribution in [3.05, 3.63) is 78.5 Å². The molecule has 3 aromatic carbocycles. The molecule has 0 radical (unpaired) electrons. The minimum Gasteiger partial charge on any atom is -0.490 e. The first kappa shape index (κ1) is 34.4. The van der Waals surface area contributed by atoms with Crippen LogP contribution in [0.3, 0.4) is 0 Å². The van der Waals surface area contributed by atoms with Crippen LogP contribution in [0, 0.1) is 17.0 Å². The number of fused-ring (bicyclic) bond motifs is 1. The zero-order valence-corrected chi connectivity index (χ0v) is 24.4. The van der Waals surface area contributed by atoms with E-state index in [-0.39, 0.29) is 40.9 Å². The molecule has 10 nitrogen and oxygen atoms in total. The maximum atomic E-state index is 15.2. The van der Waals surface area contributed by atoms with E-state index in [2.05, 4.69) is 15.6 Å². The van der Waals surface area contributed by atoms with E-state index in [1.54, 1.807) is 18.2 Å². The Morgan fingerprint density at radius 3 is 2.17 bits per heavy atom. The lowest BCUT2D eigenvalue weighted by Gasteiger charge is -2.16. The van der Waals surface area contributed by atoms with Crippen LogP contribution in [0.5, 0.6) is 23.0 Å². The molecule has 4 aromatic rings. The zero-order valence-electron chi connectivity index (χ0n) is 24.4. The van der Waals surface area contributed by atoms with Gasteiger partial charge in [-0.25, -0.2) is 8.78 Å². The highest BCUT2D eigenvalue weighted by molar-refractivity contribution is 6.16. The molecule has 1 aliphatic rings. The summed E-state index contributed by atoms with van der Waals surface area (Å²) in [5.41, 5.74) is -0.278. The van der Waals surface area contributed by atoms with E-state index in [1.807, 2.05) is 6.92 Å². The van der Waals surface area contributed by atoms with Crippen molar-refractivity contribution in [2.24, 2.45) is 5.41 Å². The molecule has 46 heavy (non-hydrogen) atoms. The lowest BCUT2D eigenvalue weighted by atomic mass is 10.0. The molecule has 2 amide bonds. The number of pyridine rings is 1. The highest BCUT2D eigenvalue weighted by atomic mass is 24.3. The average molecular weight is 646 g/mol. The Labute approximate surface area is 279 Å². The molecule has 5 rings (SSSR count). The monoisotopic (exact) mass is 645 g/mol. The van der Waals surface area contributed by atoms with Gasteiger partial charge in [-0.05, 0) is 81.1 Å². The molecule has 1 heterocycles. The fraction of sp³-hybridized carbons (Fsp3) is 0.273. The topological polar surface area (TPSA) is 136 Å². The van der Waals surface area contributed by atoms with Gasteiger partial charge in [-0.1, -0.05) is 0 Å². The van der Waals surface area contributed by atoms with E-state index in [9.17, 15) is 18.8 Å². The van der Waals surface area contributed by atoms with Crippen molar-refractivity contribution in [1.29, 1.82) is 0 Å². The summed E-state index contributed by atoms with van der Waals surface area (Å²) in [5.74, 6) is -2.08. The number of rotatable bonds is 14. The number of hydrogen-bond donors (Lipinski definition) is 3. The predicted molar refractivity (Wildman–Crippen MR) is 170 cm³/mol. The molecule has 0 aliphatic heterocycles. The zero-order chi connectivity index (χ0) is 32.0. The Kier molecular flexibility index (Phi) is 11.4. The van der Waals surface area contributed by atoms with Crippen LogP contribution in [-0.4, -0.2) is 64.1 Å². The Bertz CT molecular complexity index is 1730. The van der Waals surface area contributed by atoms with Gasteiger partial charge in [0.2, 0.25) is 11.8 Å². The van der Waals surface area contributed by atoms with Crippen LogP contribution in [-0.2, 0) is 14.4 Å². The first-order valence-electron chi connectivity index (χ1n) is 14.4. The van der Waals surface area contributed by atoms with E-state index in [0.29, 0.717) is 72.7 Å². The third-order valence-electron chi connectivity index (χ3n) is 7.24. The number of benzene rings is 3. The van der Waals surface area contributed by atoms with Crippen molar-refractivity contribution in [2.45, 2.75) is 39.0 Å². The number of ether oxygens (including phenoxy) is 3. The maximum Gasteiger partial charge on any atom is 0.316 e. The minimum absolute atomic E-state index is 0. The molecule has 0 spiro atoms. The van der Waals surface area contributed by atoms with Gasteiger partial charge in [0.05, 0.1) is 18.7 Å². The number of carboxylic acid groups (broad SMARTS) is 1. The van der Waals surface area contributed by atoms with Gasteiger partial charge in [0.1, 0.15) is 17.0 Å². The van der Waals surface area contributed by atoms with E-state index in [4.69, 9.17) is 19.3 Å². The molecule has 3 N–H and O–H groups in total. The number of carbonyl (C=O) groups excluding carboxylic acids is 2. The van der Waals surface area contributed by atoms with E-state index >= 15 is 4.39 Å². The molecule has 0 bridgehead atoms. The van der Waals surface area contributed by atoms with Gasteiger partial charge in [0, 0.05) is 41.5 Å². The molecule has 238 valence electrons. The number of carbonyl (C=O) groups is 3. The van der Waals surface area contributed by atoms with Crippen molar-refractivity contribution in [3.63, 3.8) is 0 Å². The SMILES string of the molecule is CCOc1cc2c(Oc3ccc(NC(=O)C4(C(=O)Nc5ccc(F)cc5)CC4)cc3F)ccnc2cc1OCCCCC(=O)O.[MgH2]. The van der Waals surface area contributed by atoms with Gasteiger partial charge in [-0.15, -0.1) is 0 Å². The van der Waals surface area contributed by atoms with Crippen molar-refractivity contribution in [1.82, 2.24) is 4.98 Å². The summed E-state index contributed by atoms with van der Waals surface area (Å²) in [4.78, 5) is 41.0. The van der Waals surface area contributed by atoms with Crippen LogP contribution >= 0.6 is 0 Å². The molecule has 0 unspecified atom stereocenters. The van der Waals surface area contributed by atoms with Crippen LogP contribution in [0.2, 0.25) is 0 Å². The highest BCUT2D eigenvalue weighted by Gasteiger charge is 2.56. The number of aromatic nitrogens is 1. The Morgan fingerprint density at radius 2 is 1.52 bits per heavy atom.